The van der Waals surface area contributed by atoms with Crippen LogP contribution in [-0.2, 0) is 13.0 Å². The SMILES string of the molecule is C=CCNC(=NCCn1cnnc1CC)NC(C)c1cc(C)ccc1OC.I. The van der Waals surface area contributed by atoms with Crippen LogP contribution in [-0.4, -0.2) is 40.9 Å². The summed E-state index contributed by atoms with van der Waals surface area (Å²) < 4.78 is 7.54. The van der Waals surface area contributed by atoms with Crippen LogP contribution in [0.5, 0.6) is 5.75 Å². The highest BCUT2D eigenvalue weighted by Gasteiger charge is 2.13. The Labute approximate surface area is 184 Å². The maximum atomic E-state index is 5.51. The summed E-state index contributed by atoms with van der Waals surface area (Å²) in [6.45, 7) is 12.0. The average molecular weight is 498 g/mol. The Morgan fingerprint density at radius 2 is 2.21 bits per heavy atom. The molecular formula is C20H31IN6O. The van der Waals surface area contributed by atoms with Crippen molar-refractivity contribution < 1.29 is 4.74 Å². The summed E-state index contributed by atoms with van der Waals surface area (Å²) in [5, 5.41) is 14.8. The van der Waals surface area contributed by atoms with Crippen molar-refractivity contribution in [2.24, 2.45) is 4.99 Å². The number of halogens is 1. The Bertz CT molecular complexity index is 774. The number of nitrogens with zero attached hydrogens (tertiary/aromatic N) is 4. The zero-order chi connectivity index (χ0) is 19.6. The number of rotatable bonds is 9. The van der Waals surface area contributed by atoms with Gasteiger partial charge in [0.25, 0.3) is 0 Å². The number of guanidine groups is 1. The van der Waals surface area contributed by atoms with Gasteiger partial charge in [0.2, 0.25) is 0 Å². The van der Waals surface area contributed by atoms with Crippen molar-refractivity contribution >= 4 is 29.9 Å². The molecule has 0 bridgehead atoms. The van der Waals surface area contributed by atoms with Gasteiger partial charge in [-0.2, -0.15) is 0 Å². The number of aliphatic imine (C=N–C) groups is 1. The number of methoxy groups -OCH3 is 1. The highest BCUT2D eigenvalue weighted by atomic mass is 127. The summed E-state index contributed by atoms with van der Waals surface area (Å²) in [5.41, 5.74) is 2.29. The van der Waals surface area contributed by atoms with Gasteiger partial charge in [-0.1, -0.05) is 30.7 Å². The van der Waals surface area contributed by atoms with E-state index >= 15 is 0 Å². The molecule has 1 unspecified atom stereocenters. The largest absolute Gasteiger partial charge is 0.496 e. The molecule has 1 heterocycles. The van der Waals surface area contributed by atoms with Crippen LogP contribution in [0.2, 0.25) is 0 Å². The number of ether oxygens (including phenoxy) is 1. The molecule has 1 atom stereocenters. The minimum Gasteiger partial charge on any atom is -0.496 e. The molecule has 0 fully saturated rings. The molecule has 0 radical (unpaired) electrons. The molecule has 8 heteroatoms. The number of hydrogen-bond acceptors (Lipinski definition) is 4. The van der Waals surface area contributed by atoms with E-state index in [0.29, 0.717) is 13.1 Å². The maximum Gasteiger partial charge on any atom is 0.192 e. The first-order valence-electron chi connectivity index (χ1n) is 9.26. The summed E-state index contributed by atoms with van der Waals surface area (Å²) in [7, 11) is 1.69. The van der Waals surface area contributed by atoms with Crippen LogP contribution in [0, 0.1) is 6.92 Å². The molecule has 0 spiro atoms. The van der Waals surface area contributed by atoms with Gasteiger partial charge < -0.3 is 19.9 Å². The predicted molar refractivity (Wildman–Crippen MR) is 125 cm³/mol. The summed E-state index contributed by atoms with van der Waals surface area (Å²) >= 11 is 0. The molecule has 2 aromatic rings. The fraction of sp³-hybridized carbons (Fsp3) is 0.450. The van der Waals surface area contributed by atoms with Crippen LogP contribution in [0.15, 0.2) is 42.2 Å². The lowest BCUT2D eigenvalue weighted by Gasteiger charge is -2.20. The van der Waals surface area contributed by atoms with Gasteiger partial charge in [0.1, 0.15) is 17.9 Å². The van der Waals surface area contributed by atoms with E-state index in [1.54, 1.807) is 13.4 Å². The van der Waals surface area contributed by atoms with Gasteiger partial charge >= 0.3 is 0 Å². The Kier molecular flexibility index (Phi) is 10.6. The molecule has 1 aromatic carbocycles. The van der Waals surface area contributed by atoms with Gasteiger partial charge in [0.05, 0.1) is 19.7 Å². The number of aromatic nitrogens is 3. The van der Waals surface area contributed by atoms with Crippen molar-refractivity contribution in [1.29, 1.82) is 0 Å². The fourth-order valence-electron chi connectivity index (χ4n) is 2.81. The van der Waals surface area contributed by atoms with Crippen molar-refractivity contribution in [2.45, 2.75) is 39.8 Å². The van der Waals surface area contributed by atoms with Gasteiger partial charge in [0, 0.05) is 25.1 Å². The minimum atomic E-state index is 0. The normalized spacial score (nSPS) is 12.1. The molecule has 0 saturated carbocycles. The molecule has 154 valence electrons. The van der Waals surface area contributed by atoms with Crippen LogP contribution >= 0.6 is 24.0 Å². The second-order valence-electron chi connectivity index (χ2n) is 6.31. The van der Waals surface area contributed by atoms with Crippen molar-refractivity contribution in [3.63, 3.8) is 0 Å². The lowest BCUT2D eigenvalue weighted by atomic mass is 10.0. The van der Waals surface area contributed by atoms with E-state index < -0.39 is 0 Å². The van der Waals surface area contributed by atoms with Crippen LogP contribution in [0.25, 0.3) is 0 Å². The predicted octanol–water partition coefficient (Wildman–Crippen LogP) is 3.26. The molecule has 0 aliphatic rings. The zero-order valence-electron chi connectivity index (χ0n) is 17.1. The smallest absolute Gasteiger partial charge is 0.192 e. The van der Waals surface area contributed by atoms with E-state index in [0.717, 1.165) is 36.1 Å². The lowest BCUT2D eigenvalue weighted by Crippen LogP contribution is -2.39. The van der Waals surface area contributed by atoms with E-state index in [1.165, 1.54) is 5.56 Å². The number of hydrogen-bond donors (Lipinski definition) is 2. The Hall–Kier alpha value is -2.10. The summed E-state index contributed by atoms with van der Waals surface area (Å²) in [6, 6.07) is 6.21. The molecule has 0 aliphatic heterocycles. The zero-order valence-corrected chi connectivity index (χ0v) is 19.4. The third-order valence-electron chi connectivity index (χ3n) is 4.24. The molecule has 2 rings (SSSR count). The highest BCUT2D eigenvalue weighted by Crippen LogP contribution is 2.25. The Morgan fingerprint density at radius 3 is 2.89 bits per heavy atom. The third kappa shape index (κ3) is 6.81. The molecule has 7 nitrogen and oxygen atoms in total. The van der Waals surface area contributed by atoms with E-state index in [9.17, 15) is 0 Å². The monoisotopic (exact) mass is 498 g/mol. The van der Waals surface area contributed by atoms with Crippen LogP contribution in [0.4, 0.5) is 0 Å². The molecular weight excluding hydrogens is 467 g/mol. The summed E-state index contributed by atoms with van der Waals surface area (Å²) in [6.07, 6.45) is 4.41. The highest BCUT2D eigenvalue weighted by molar-refractivity contribution is 14.0. The first-order valence-corrected chi connectivity index (χ1v) is 9.26. The van der Waals surface area contributed by atoms with Crippen molar-refractivity contribution in [3.05, 3.63) is 54.1 Å². The first kappa shape index (κ1) is 23.9. The van der Waals surface area contributed by atoms with Gasteiger partial charge in [-0.25, -0.2) is 0 Å². The van der Waals surface area contributed by atoms with Gasteiger partial charge in [-0.3, -0.25) is 4.99 Å². The quantitative estimate of drug-likeness (QED) is 0.240. The topological polar surface area (TPSA) is 76.4 Å². The maximum absolute atomic E-state index is 5.51. The summed E-state index contributed by atoms with van der Waals surface area (Å²) in [5.74, 6) is 2.56. The molecule has 0 amide bonds. The lowest BCUT2D eigenvalue weighted by molar-refractivity contribution is 0.405. The third-order valence-corrected chi connectivity index (χ3v) is 4.24. The second-order valence-corrected chi connectivity index (χ2v) is 6.31. The van der Waals surface area contributed by atoms with Gasteiger partial charge in [-0.15, -0.1) is 40.8 Å². The molecule has 0 aliphatic carbocycles. The average Bonchev–Trinajstić information content (AvgIpc) is 3.13. The van der Waals surface area contributed by atoms with Crippen molar-refractivity contribution in [1.82, 2.24) is 25.4 Å². The number of aryl methyl sites for hydroxylation is 2. The Balaban J connectivity index is 0.00000392. The number of benzene rings is 1. The van der Waals surface area contributed by atoms with Crippen LogP contribution < -0.4 is 15.4 Å². The number of nitrogens with one attached hydrogen (secondary N) is 2. The van der Waals surface area contributed by atoms with Gasteiger partial charge in [-0.05, 0) is 19.9 Å². The second kappa shape index (κ2) is 12.4. The van der Waals surface area contributed by atoms with E-state index in [1.807, 2.05) is 22.8 Å². The standard InChI is InChI=1S/C20H30N6O.HI/c1-6-10-21-20(22-11-12-26-14-23-25-19(26)7-2)24-16(4)17-13-15(3)8-9-18(17)27-5;/h6,8-9,13-14,16H,1,7,10-12H2,2-5H3,(H2,21,22,24);1H. The van der Waals surface area contributed by atoms with E-state index in [-0.39, 0.29) is 30.0 Å². The first-order chi connectivity index (χ1) is 13.1. The van der Waals surface area contributed by atoms with Gasteiger partial charge in [0.15, 0.2) is 5.96 Å². The van der Waals surface area contributed by atoms with E-state index in [2.05, 4.69) is 59.2 Å². The molecule has 28 heavy (non-hydrogen) atoms. The van der Waals surface area contributed by atoms with E-state index in [4.69, 9.17) is 4.74 Å². The minimum absolute atomic E-state index is 0. The Morgan fingerprint density at radius 1 is 1.43 bits per heavy atom. The van der Waals surface area contributed by atoms with Crippen LogP contribution in [0.1, 0.15) is 36.8 Å². The molecule has 0 saturated heterocycles. The molecule has 1 aromatic heterocycles. The fourth-order valence-corrected chi connectivity index (χ4v) is 2.81. The van der Waals surface area contributed by atoms with Crippen molar-refractivity contribution in [2.75, 3.05) is 20.2 Å². The summed E-state index contributed by atoms with van der Waals surface area (Å²) in [4.78, 5) is 4.68. The molecule has 2 N–H and O–H groups in total. The van der Waals surface area contributed by atoms with Crippen molar-refractivity contribution in [3.8, 4) is 5.75 Å². The van der Waals surface area contributed by atoms with Crippen LogP contribution in [0.3, 0.4) is 0 Å².